The molecule has 0 saturated heterocycles. The van der Waals surface area contributed by atoms with Crippen LogP contribution in [0.3, 0.4) is 0 Å². The number of carbonyl (C=O) groups excluding carboxylic acids is 3. The van der Waals surface area contributed by atoms with Crippen molar-refractivity contribution in [3.63, 3.8) is 0 Å². The fourth-order valence-electron chi connectivity index (χ4n) is 8.55. The van der Waals surface area contributed by atoms with Gasteiger partial charge in [-0.25, -0.2) is 4.79 Å². The number of carboxylic acid groups (broad SMARTS) is 1. The number of likely N-dealkylation sites (N-methyl/N-ethyl adjacent to an activating group) is 1. The van der Waals surface area contributed by atoms with Gasteiger partial charge in [-0.3, -0.25) is 19.4 Å². The Morgan fingerprint density at radius 1 is 0.918 bits per heavy atom. The van der Waals surface area contributed by atoms with E-state index < -0.39 is 67.3 Å². The highest BCUT2D eigenvalue weighted by Gasteiger charge is 2.51. The standard InChI is InChI=1S/C47H74N4O8SSi/c1-14-21-35(57-13)27-26-32(3)39(59-42(54)33(4)48)46(9,10)43(55)49-34(5)40-50-47(11,30-60-40)44(56)51(12)38(41(52)53)31(2)28-29-58-61(45(6,7)8,36-22-17-15-18-23-36)37-24-19-16-20-25-37/h15-20,22-25,31-35,38-39H,14,21,26-30,48H2,1-13H3,(H,49,55)(H,52,53)/t31-,32+,33-,34-,35-,38-,39-,47-/m0/s1. The lowest BCUT2D eigenvalue weighted by Gasteiger charge is -2.43. The molecule has 8 atom stereocenters. The SMILES string of the molecule is CCC[C@@H](CC[C@@H](C)[C@H](OC(=O)[C@H](C)N)C(C)(C)C(=O)N[C@@H](C)C1=N[C@](C)(C(=O)N(C)[C@H](C(=O)O)[C@@H](C)CCO[Si](c2ccccc2)(c2ccccc2)C(C)(C)C)CS1)OC. The first kappa shape index (κ1) is 51.8. The van der Waals surface area contributed by atoms with Crippen LogP contribution < -0.4 is 21.4 Å². The predicted molar refractivity (Wildman–Crippen MR) is 249 cm³/mol. The second kappa shape index (κ2) is 22.2. The third-order valence-electron chi connectivity index (χ3n) is 12.2. The Kier molecular flexibility index (Phi) is 18.8. The Balaban J connectivity index is 1.78. The largest absolute Gasteiger partial charge is 0.480 e. The van der Waals surface area contributed by atoms with Crippen molar-refractivity contribution in [2.75, 3.05) is 26.5 Å². The maximum absolute atomic E-state index is 14.3. The summed E-state index contributed by atoms with van der Waals surface area (Å²) < 4.78 is 18.6. The van der Waals surface area contributed by atoms with E-state index in [1.54, 1.807) is 41.7 Å². The minimum Gasteiger partial charge on any atom is -0.480 e. The summed E-state index contributed by atoms with van der Waals surface area (Å²) in [5.74, 6) is -2.82. The van der Waals surface area contributed by atoms with E-state index in [0.717, 1.165) is 29.6 Å². The van der Waals surface area contributed by atoms with Crippen molar-refractivity contribution in [3.05, 3.63) is 60.7 Å². The van der Waals surface area contributed by atoms with Gasteiger partial charge in [-0.2, -0.15) is 0 Å². The van der Waals surface area contributed by atoms with Gasteiger partial charge in [-0.15, -0.1) is 11.8 Å². The molecule has 0 fully saturated rings. The number of methoxy groups -OCH3 is 1. The zero-order chi connectivity index (χ0) is 45.9. The molecule has 1 heterocycles. The Morgan fingerprint density at radius 2 is 1.48 bits per heavy atom. The number of esters is 1. The average molecular weight is 883 g/mol. The number of rotatable bonds is 23. The zero-order valence-corrected chi connectivity index (χ0v) is 40.8. The molecule has 2 aromatic rings. The van der Waals surface area contributed by atoms with Gasteiger partial charge in [-0.05, 0) is 87.5 Å². The highest BCUT2D eigenvalue weighted by molar-refractivity contribution is 8.14. The Bertz CT molecular complexity index is 1750. The molecule has 1 aliphatic rings. The van der Waals surface area contributed by atoms with Crippen molar-refractivity contribution in [1.82, 2.24) is 10.2 Å². The summed E-state index contributed by atoms with van der Waals surface area (Å²) in [6.07, 6.45) is 2.98. The van der Waals surface area contributed by atoms with E-state index >= 15 is 0 Å². The van der Waals surface area contributed by atoms with Gasteiger partial charge >= 0.3 is 11.9 Å². The van der Waals surface area contributed by atoms with E-state index in [9.17, 15) is 24.3 Å². The summed E-state index contributed by atoms with van der Waals surface area (Å²) in [7, 11) is 0.370. The summed E-state index contributed by atoms with van der Waals surface area (Å²) >= 11 is 1.36. The van der Waals surface area contributed by atoms with E-state index in [1.165, 1.54) is 23.7 Å². The lowest BCUT2D eigenvalue weighted by atomic mass is 9.77. The summed E-state index contributed by atoms with van der Waals surface area (Å²) in [5.41, 5.74) is 3.47. The van der Waals surface area contributed by atoms with Crippen LogP contribution in [0.2, 0.25) is 5.04 Å². The van der Waals surface area contributed by atoms with E-state index in [1.807, 2.05) is 50.2 Å². The van der Waals surface area contributed by atoms with E-state index in [0.29, 0.717) is 24.5 Å². The first-order valence-electron chi connectivity index (χ1n) is 21.8. The predicted octanol–water partition coefficient (Wildman–Crippen LogP) is 6.43. The molecule has 0 radical (unpaired) electrons. The van der Waals surface area contributed by atoms with Crippen molar-refractivity contribution < 1.29 is 38.2 Å². The summed E-state index contributed by atoms with van der Waals surface area (Å²) in [6.45, 7) is 21.4. The third-order valence-corrected chi connectivity index (χ3v) is 18.7. The van der Waals surface area contributed by atoms with Crippen LogP contribution >= 0.6 is 11.8 Å². The van der Waals surface area contributed by atoms with E-state index in [-0.39, 0.29) is 28.7 Å². The minimum atomic E-state index is -2.85. The van der Waals surface area contributed by atoms with Crippen LogP contribution in [0.15, 0.2) is 65.7 Å². The maximum atomic E-state index is 14.3. The number of hydrogen-bond donors (Lipinski definition) is 3. The monoisotopic (exact) mass is 882 g/mol. The van der Waals surface area contributed by atoms with Gasteiger partial charge in [-0.1, -0.05) is 109 Å². The van der Waals surface area contributed by atoms with Gasteiger partial charge in [0.25, 0.3) is 14.2 Å². The van der Waals surface area contributed by atoms with Crippen LogP contribution in [0, 0.1) is 17.3 Å². The van der Waals surface area contributed by atoms with Gasteiger partial charge in [0.1, 0.15) is 23.7 Å². The number of nitrogens with zero attached hydrogens (tertiary/aromatic N) is 2. The van der Waals surface area contributed by atoms with Crippen molar-refractivity contribution >= 4 is 59.2 Å². The van der Waals surface area contributed by atoms with Gasteiger partial charge in [0.15, 0.2) is 0 Å². The zero-order valence-electron chi connectivity index (χ0n) is 38.9. The van der Waals surface area contributed by atoms with Crippen molar-refractivity contribution in [2.45, 2.75) is 149 Å². The molecular weight excluding hydrogens is 809 g/mol. The van der Waals surface area contributed by atoms with Crippen LogP contribution in [-0.2, 0) is 33.1 Å². The van der Waals surface area contributed by atoms with Gasteiger partial charge < -0.3 is 35.0 Å². The number of nitrogens with two attached hydrogens (primary N) is 1. The fraction of sp³-hybridized carbons (Fsp3) is 0.638. The van der Waals surface area contributed by atoms with Gasteiger partial charge in [0.05, 0.1) is 22.6 Å². The second-order valence-electron chi connectivity index (χ2n) is 18.8. The van der Waals surface area contributed by atoms with Crippen molar-refractivity contribution in [1.29, 1.82) is 0 Å². The fourth-order valence-corrected chi connectivity index (χ4v) is 14.3. The molecule has 1 aliphatic heterocycles. The highest BCUT2D eigenvalue weighted by atomic mass is 32.2. The molecule has 0 aromatic heterocycles. The normalized spacial score (nSPS) is 19.4. The van der Waals surface area contributed by atoms with Crippen molar-refractivity contribution in [3.8, 4) is 0 Å². The molecule has 61 heavy (non-hydrogen) atoms. The molecule has 2 aromatic carbocycles. The van der Waals surface area contributed by atoms with Crippen LogP contribution in [0.1, 0.15) is 108 Å². The summed E-state index contributed by atoms with van der Waals surface area (Å²) in [6, 6.07) is 18.0. The number of aliphatic carboxylic acids is 1. The molecule has 12 nitrogen and oxygen atoms in total. The molecule has 0 aliphatic carbocycles. The number of carbonyl (C=O) groups is 4. The molecule has 0 spiro atoms. The van der Waals surface area contributed by atoms with E-state index in [2.05, 4.69) is 57.3 Å². The molecule has 14 heteroatoms. The van der Waals surface area contributed by atoms with Crippen LogP contribution in [0.5, 0.6) is 0 Å². The maximum Gasteiger partial charge on any atom is 0.326 e. The number of nitrogens with one attached hydrogen (secondary N) is 1. The van der Waals surface area contributed by atoms with Crippen molar-refractivity contribution in [2.24, 2.45) is 28.0 Å². The topological polar surface area (TPSA) is 170 Å². The number of thioether (sulfide) groups is 1. The Hall–Kier alpha value is -3.56. The van der Waals surface area contributed by atoms with E-state index in [4.69, 9.17) is 24.6 Å². The minimum absolute atomic E-state index is 0.0609. The smallest absolute Gasteiger partial charge is 0.326 e. The lowest BCUT2D eigenvalue weighted by molar-refractivity contribution is -0.165. The molecule has 0 unspecified atom stereocenters. The highest BCUT2D eigenvalue weighted by Crippen LogP contribution is 2.38. The summed E-state index contributed by atoms with van der Waals surface area (Å²) in [5, 5.41) is 16.2. The Morgan fingerprint density at radius 3 is 1.95 bits per heavy atom. The lowest BCUT2D eigenvalue weighted by Crippen LogP contribution is -2.66. The van der Waals surface area contributed by atoms with Gasteiger partial charge in [0.2, 0.25) is 5.91 Å². The van der Waals surface area contributed by atoms with Crippen LogP contribution in [0.4, 0.5) is 0 Å². The van der Waals surface area contributed by atoms with Crippen LogP contribution in [-0.4, -0.2) is 110 Å². The number of amides is 2. The molecule has 340 valence electrons. The number of hydrogen-bond acceptors (Lipinski definition) is 10. The molecule has 4 N–H and O–H groups in total. The summed E-state index contributed by atoms with van der Waals surface area (Å²) in [4.78, 5) is 60.2. The number of aliphatic imine (C=N–C) groups is 1. The first-order chi connectivity index (χ1) is 28.5. The molecular formula is C47H74N4O8SSi. The molecule has 2 amide bonds. The quantitative estimate of drug-likeness (QED) is 0.0836. The number of carboxylic acids is 1. The molecule has 0 saturated carbocycles. The van der Waals surface area contributed by atoms with Gasteiger partial charge in [0, 0.05) is 26.5 Å². The first-order valence-corrected chi connectivity index (χ1v) is 24.6. The Labute approximate surface area is 370 Å². The second-order valence-corrected chi connectivity index (χ2v) is 24.1. The average Bonchev–Trinajstić information content (AvgIpc) is 3.62. The van der Waals surface area contributed by atoms with Crippen LogP contribution in [0.25, 0.3) is 0 Å². The molecule has 0 bridgehead atoms. The number of ether oxygens (including phenoxy) is 2. The number of benzene rings is 2. The molecule has 3 rings (SSSR count). The third kappa shape index (κ3) is 12.6.